The zero-order chi connectivity index (χ0) is 24.6. The second-order valence-electron chi connectivity index (χ2n) is 8.32. The molecule has 0 unspecified atom stereocenters. The van der Waals surface area contributed by atoms with Crippen molar-refractivity contribution in [1.82, 2.24) is 4.98 Å². The van der Waals surface area contributed by atoms with Crippen LogP contribution in [-0.4, -0.2) is 34.5 Å². The molecular weight excluding hydrogens is 456 g/mol. The quantitative estimate of drug-likeness (QED) is 0.343. The number of amides is 1. The number of aliphatic hydroxyl groups is 1. The lowest BCUT2D eigenvalue weighted by Crippen LogP contribution is -2.31. The second-order valence-corrected chi connectivity index (χ2v) is 8.73. The average molecular weight is 479 g/mol. The van der Waals surface area contributed by atoms with Crippen molar-refractivity contribution in [2.45, 2.75) is 26.4 Å². The summed E-state index contributed by atoms with van der Waals surface area (Å²) in [6, 6.07) is 16.5. The van der Waals surface area contributed by atoms with Crippen LogP contribution in [0.1, 0.15) is 31.3 Å². The molecule has 0 aliphatic rings. The summed E-state index contributed by atoms with van der Waals surface area (Å²) in [5.41, 5.74) is 1.30. The number of halogens is 1. The first-order chi connectivity index (χ1) is 16.1. The number of ether oxygens (including phenoxy) is 1. The highest BCUT2D eigenvalue weighted by Gasteiger charge is 2.33. The van der Waals surface area contributed by atoms with E-state index in [0.717, 1.165) is 5.56 Å². The monoisotopic (exact) mass is 478 g/mol. The Hall–Kier alpha value is -3.68. The van der Waals surface area contributed by atoms with Crippen LogP contribution in [-0.2, 0) is 4.79 Å². The summed E-state index contributed by atoms with van der Waals surface area (Å²) in [4.78, 5) is 29.6. The zero-order valence-electron chi connectivity index (χ0n) is 19.1. The number of nitrogens with one attached hydrogen (secondary N) is 1. The number of nitrogens with zero attached hydrogens (tertiary/aromatic N) is 1. The number of methoxy groups -OCH3 is 1. The fourth-order valence-corrected chi connectivity index (χ4v) is 3.84. The van der Waals surface area contributed by atoms with Crippen LogP contribution in [0.5, 0.6) is 5.75 Å². The molecule has 2 N–H and O–H groups in total. The second kappa shape index (κ2) is 8.93. The normalized spacial score (nSPS) is 11.5. The van der Waals surface area contributed by atoms with Gasteiger partial charge in [-0.3, -0.25) is 9.59 Å². The van der Waals surface area contributed by atoms with E-state index < -0.39 is 17.3 Å². The summed E-state index contributed by atoms with van der Waals surface area (Å²) in [6.45, 7) is 4.03. The van der Waals surface area contributed by atoms with E-state index in [0.29, 0.717) is 33.0 Å². The van der Waals surface area contributed by atoms with Crippen LogP contribution in [0.15, 0.2) is 59.0 Å². The van der Waals surface area contributed by atoms with Crippen molar-refractivity contribution in [3.63, 3.8) is 0 Å². The molecule has 0 bridgehead atoms. The SMILES string of the molecule is COc1ccc(-c2cc3c(NC(C)=O)c(C(=O)C(C)(C)O)oc3nc2-c2ccccc2Cl)cc1. The minimum absolute atomic E-state index is 0.128. The number of furan rings is 1. The molecule has 34 heavy (non-hydrogen) atoms. The van der Waals surface area contributed by atoms with E-state index in [2.05, 4.69) is 5.32 Å². The van der Waals surface area contributed by atoms with E-state index in [1.54, 1.807) is 19.2 Å². The minimum atomic E-state index is -1.72. The molecule has 0 radical (unpaired) electrons. The van der Waals surface area contributed by atoms with Crippen molar-refractivity contribution in [2.24, 2.45) is 0 Å². The number of benzene rings is 2. The standard InChI is InChI=1S/C26H23ClN2O5/c1-14(30)28-22-19-13-18(15-9-11-16(33-4)12-10-15)21(17-7-5-6-8-20(17)27)29-25(19)34-23(22)24(31)26(2,3)32/h5-13,32H,1-4H3,(H,28,30). The number of carbonyl (C=O) groups is 2. The Morgan fingerprint density at radius 3 is 2.35 bits per heavy atom. The Morgan fingerprint density at radius 1 is 1.09 bits per heavy atom. The summed E-state index contributed by atoms with van der Waals surface area (Å²) >= 11 is 6.50. The molecule has 0 aliphatic carbocycles. The van der Waals surface area contributed by atoms with Crippen LogP contribution in [0.2, 0.25) is 5.02 Å². The Bertz CT molecular complexity index is 1400. The van der Waals surface area contributed by atoms with Gasteiger partial charge in [0.25, 0.3) is 0 Å². The molecular formula is C26H23ClN2O5. The van der Waals surface area contributed by atoms with Gasteiger partial charge in [0.05, 0.1) is 18.2 Å². The first kappa shape index (κ1) is 23.5. The topological polar surface area (TPSA) is 102 Å². The molecule has 4 rings (SSSR count). The molecule has 0 aliphatic heterocycles. The molecule has 1 amide bonds. The van der Waals surface area contributed by atoms with Gasteiger partial charge >= 0.3 is 0 Å². The van der Waals surface area contributed by atoms with Gasteiger partial charge in [-0.15, -0.1) is 0 Å². The van der Waals surface area contributed by atoms with Crippen LogP contribution in [0, 0.1) is 0 Å². The minimum Gasteiger partial charge on any atom is -0.497 e. The summed E-state index contributed by atoms with van der Waals surface area (Å²) in [5.74, 6) is -0.562. The molecule has 4 aromatic rings. The number of Topliss-reactive ketones (excluding diaryl/α,β-unsaturated/α-hetero) is 1. The fourth-order valence-electron chi connectivity index (χ4n) is 3.61. The Labute approximate surface area is 201 Å². The number of hydrogen-bond acceptors (Lipinski definition) is 6. The number of ketones is 1. The van der Waals surface area contributed by atoms with Crippen LogP contribution in [0.4, 0.5) is 5.69 Å². The van der Waals surface area contributed by atoms with Gasteiger partial charge in [0.1, 0.15) is 17.0 Å². The van der Waals surface area contributed by atoms with Gasteiger partial charge in [-0.25, -0.2) is 4.98 Å². The van der Waals surface area contributed by atoms with Gasteiger partial charge < -0.3 is 19.6 Å². The van der Waals surface area contributed by atoms with E-state index in [4.69, 9.17) is 25.7 Å². The van der Waals surface area contributed by atoms with Crippen LogP contribution >= 0.6 is 11.6 Å². The number of hydrogen-bond donors (Lipinski definition) is 2. The van der Waals surface area contributed by atoms with E-state index in [-0.39, 0.29) is 17.2 Å². The Kier molecular flexibility index (Phi) is 6.17. The van der Waals surface area contributed by atoms with E-state index in [9.17, 15) is 14.7 Å². The summed E-state index contributed by atoms with van der Waals surface area (Å²) in [7, 11) is 1.59. The fraction of sp³-hybridized carbons (Fsp3) is 0.192. The Balaban J connectivity index is 2.06. The highest BCUT2D eigenvalue weighted by molar-refractivity contribution is 6.33. The van der Waals surface area contributed by atoms with Gasteiger partial charge in [-0.2, -0.15) is 0 Å². The molecule has 8 heteroatoms. The van der Waals surface area contributed by atoms with Gasteiger partial charge in [0, 0.05) is 23.1 Å². The predicted octanol–water partition coefficient (Wildman–Crippen LogP) is 5.74. The lowest BCUT2D eigenvalue weighted by Gasteiger charge is -2.14. The van der Waals surface area contributed by atoms with Crippen molar-refractivity contribution >= 4 is 40.1 Å². The molecule has 2 aromatic heterocycles. The number of pyridine rings is 1. The first-order valence-corrected chi connectivity index (χ1v) is 10.9. The molecule has 2 aromatic carbocycles. The zero-order valence-corrected chi connectivity index (χ0v) is 19.9. The highest BCUT2D eigenvalue weighted by Crippen LogP contribution is 2.41. The van der Waals surface area contributed by atoms with Gasteiger partial charge in [0.15, 0.2) is 5.76 Å². The smallest absolute Gasteiger partial charge is 0.231 e. The number of fused-ring (bicyclic) bond motifs is 1. The average Bonchev–Trinajstić information content (AvgIpc) is 3.14. The Morgan fingerprint density at radius 2 is 1.76 bits per heavy atom. The number of carbonyl (C=O) groups excluding carboxylic acids is 2. The lowest BCUT2D eigenvalue weighted by molar-refractivity contribution is -0.114. The van der Waals surface area contributed by atoms with Crippen molar-refractivity contribution in [3.8, 4) is 28.1 Å². The molecule has 0 fully saturated rings. The van der Waals surface area contributed by atoms with Crippen molar-refractivity contribution in [3.05, 3.63) is 65.4 Å². The summed E-state index contributed by atoms with van der Waals surface area (Å²) in [5, 5.41) is 13.9. The van der Waals surface area contributed by atoms with Crippen LogP contribution < -0.4 is 10.1 Å². The maximum atomic E-state index is 12.9. The third-order valence-corrected chi connectivity index (χ3v) is 5.61. The predicted molar refractivity (Wildman–Crippen MR) is 131 cm³/mol. The first-order valence-electron chi connectivity index (χ1n) is 10.5. The van der Waals surface area contributed by atoms with E-state index in [1.165, 1.54) is 20.8 Å². The number of aromatic nitrogens is 1. The largest absolute Gasteiger partial charge is 0.497 e. The third-order valence-electron chi connectivity index (χ3n) is 5.28. The van der Waals surface area contributed by atoms with Crippen LogP contribution in [0.25, 0.3) is 33.5 Å². The van der Waals surface area contributed by atoms with E-state index in [1.807, 2.05) is 42.5 Å². The number of rotatable bonds is 6. The molecule has 0 saturated heterocycles. The number of anilines is 1. The molecule has 174 valence electrons. The molecule has 7 nitrogen and oxygen atoms in total. The maximum Gasteiger partial charge on any atom is 0.231 e. The maximum absolute atomic E-state index is 12.9. The molecule has 0 atom stereocenters. The summed E-state index contributed by atoms with van der Waals surface area (Å²) < 4.78 is 11.1. The van der Waals surface area contributed by atoms with Crippen molar-refractivity contribution in [2.75, 3.05) is 12.4 Å². The molecule has 0 spiro atoms. The molecule has 2 heterocycles. The van der Waals surface area contributed by atoms with Crippen molar-refractivity contribution in [1.29, 1.82) is 0 Å². The highest BCUT2D eigenvalue weighted by atomic mass is 35.5. The van der Waals surface area contributed by atoms with E-state index >= 15 is 0 Å². The van der Waals surface area contributed by atoms with Gasteiger partial charge in [-0.1, -0.05) is 41.9 Å². The third kappa shape index (κ3) is 4.40. The van der Waals surface area contributed by atoms with Gasteiger partial charge in [0.2, 0.25) is 17.4 Å². The lowest BCUT2D eigenvalue weighted by atomic mass is 9.97. The summed E-state index contributed by atoms with van der Waals surface area (Å²) in [6.07, 6.45) is 0. The molecule has 0 saturated carbocycles. The van der Waals surface area contributed by atoms with Crippen LogP contribution in [0.3, 0.4) is 0 Å². The van der Waals surface area contributed by atoms with Crippen molar-refractivity contribution < 1.29 is 23.8 Å². The van der Waals surface area contributed by atoms with Gasteiger partial charge in [-0.05, 0) is 43.7 Å².